The summed E-state index contributed by atoms with van der Waals surface area (Å²) in [5, 5.41) is 14.6. The summed E-state index contributed by atoms with van der Waals surface area (Å²) >= 11 is 0. The van der Waals surface area contributed by atoms with Gasteiger partial charge in [-0.3, -0.25) is 0 Å². The van der Waals surface area contributed by atoms with Gasteiger partial charge >= 0.3 is 0 Å². The summed E-state index contributed by atoms with van der Waals surface area (Å²) in [6.45, 7) is 2.56. The van der Waals surface area contributed by atoms with E-state index in [1.807, 2.05) is 13.0 Å². The zero-order valence-electron chi connectivity index (χ0n) is 7.77. The van der Waals surface area contributed by atoms with Crippen LogP contribution in [0.25, 0.3) is 0 Å². The van der Waals surface area contributed by atoms with Gasteiger partial charge in [0.2, 0.25) is 0 Å². The SMILES string of the molecule is Cc1cnnc(NCc2ccon2)c1. The lowest BCUT2D eigenvalue weighted by Gasteiger charge is -2.01. The van der Waals surface area contributed by atoms with Crippen LogP contribution in [0.4, 0.5) is 5.82 Å². The molecular weight excluding hydrogens is 180 g/mol. The Bertz CT molecular complexity index is 399. The third-order valence-corrected chi connectivity index (χ3v) is 1.73. The van der Waals surface area contributed by atoms with Crippen molar-refractivity contribution < 1.29 is 4.52 Å². The molecule has 0 aliphatic rings. The second-order valence-electron chi connectivity index (χ2n) is 2.96. The lowest BCUT2D eigenvalue weighted by atomic mass is 10.3. The highest BCUT2D eigenvalue weighted by molar-refractivity contribution is 5.35. The third kappa shape index (κ3) is 2.07. The number of anilines is 1. The van der Waals surface area contributed by atoms with Crippen molar-refractivity contribution in [2.24, 2.45) is 0 Å². The molecule has 0 radical (unpaired) electrons. The van der Waals surface area contributed by atoms with Crippen LogP contribution in [0.15, 0.2) is 29.1 Å². The highest BCUT2D eigenvalue weighted by Gasteiger charge is 1.98. The molecule has 0 amide bonds. The van der Waals surface area contributed by atoms with Gasteiger partial charge in [-0.05, 0) is 18.6 Å². The van der Waals surface area contributed by atoms with Gasteiger partial charge in [0.1, 0.15) is 17.8 Å². The Hall–Kier alpha value is -1.91. The average molecular weight is 190 g/mol. The van der Waals surface area contributed by atoms with Crippen LogP contribution in [-0.4, -0.2) is 15.4 Å². The Kier molecular flexibility index (Phi) is 2.40. The molecule has 0 spiro atoms. The van der Waals surface area contributed by atoms with Crippen molar-refractivity contribution in [2.45, 2.75) is 13.5 Å². The van der Waals surface area contributed by atoms with Gasteiger partial charge in [0.05, 0.1) is 12.7 Å². The molecule has 5 nitrogen and oxygen atoms in total. The van der Waals surface area contributed by atoms with E-state index in [9.17, 15) is 0 Å². The molecule has 2 aromatic heterocycles. The first-order valence-electron chi connectivity index (χ1n) is 4.27. The molecule has 0 saturated heterocycles. The van der Waals surface area contributed by atoms with Crippen molar-refractivity contribution in [1.82, 2.24) is 15.4 Å². The predicted octanol–water partition coefficient (Wildman–Crippen LogP) is 1.39. The lowest BCUT2D eigenvalue weighted by Crippen LogP contribution is -2.02. The highest BCUT2D eigenvalue weighted by atomic mass is 16.5. The first-order valence-corrected chi connectivity index (χ1v) is 4.27. The van der Waals surface area contributed by atoms with Gasteiger partial charge in [0, 0.05) is 6.07 Å². The summed E-state index contributed by atoms with van der Waals surface area (Å²) in [6, 6.07) is 3.73. The molecule has 2 rings (SSSR count). The average Bonchev–Trinajstić information content (AvgIpc) is 2.67. The van der Waals surface area contributed by atoms with E-state index in [0.717, 1.165) is 17.1 Å². The van der Waals surface area contributed by atoms with Crippen molar-refractivity contribution in [1.29, 1.82) is 0 Å². The van der Waals surface area contributed by atoms with Crippen LogP contribution in [0.3, 0.4) is 0 Å². The topological polar surface area (TPSA) is 63.8 Å². The summed E-state index contributed by atoms with van der Waals surface area (Å²) in [5.41, 5.74) is 1.91. The van der Waals surface area contributed by atoms with Crippen LogP contribution >= 0.6 is 0 Å². The Balaban J connectivity index is 1.98. The smallest absolute Gasteiger partial charge is 0.149 e. The van der Waals surface area contributed by atoms with Gasteiger partial charge in [0.25, 0.3) is 0 Å². The van der Waals surface area contributed by atoms with Crippen molar-refractivity contribution in [2.75, 3.05) is 5.32 Å². The number of aryl methyl sites for hydroxylation is 1. The largest absolute Gasteiger partial charge is 0.364 e. The molecule has 0 aromatic carbocycles. The first kappa shape index (κ1) is 8.68. The van der Waals surface area contributed by atoms with Gasteiger partial charge in [-0.25, -0.2) is 0 Å². The summed E-state index contributed by atoms with van der Waals surface area (Å²) in [7, 11) is 0. The summed E-state index contributed by atoms with van der Waals surface area (Å²) in [4.78, 5) is 0. The molecule has 0 saturated carbocycles. The number of hydrogen-bond acceptors (Lipinski definition) is 5. The van der Waals surface area contributed by atoms with Gasteiger partial charge in [-0.15, -0.1) is 5.10 Å². The maximum absolute atomic E-state index is 4.70. The quantitative estimate of drug-likeness (QED) is 0.792. The summed E-state index contributed by atoms with van der Waals surface area (Å²) in [5.74, 6) is 0.744. The molecule has 1 N–H and O–H groups in total. The number of nitrogens with one attached hydrogen (secondary N) is 1. The van der Waals surface area contributed by atoms with Crippen molar-refractivity contribution >= 4 is 5.82 Å². The van der Waals surface area contributed by atoms with E-state index in [-0.39, 0.29) is 0 Å². The fourth-order valence-corrected chi connectivity index (χ4v) is 1.06. The number of nitrogens with zero attached hydrogens (tertiary/aromatic N) is 3. The molecule has 5 heteroatoms. The molecule has 14 heavy (non-hydrogen) atoms. The van der Waals surface area contributed by atoms with Gasteiger partial charge in [-0.1, -0.05) is 5.16 Å². The summed E-state index contributed by atoms with van der Waals surface area (Å²) in [6.07, 6.45) is 3.25. The minimum atomic E-state index is 0.592. The van der Waals surface area contributed by atoms with Crippen LogP contribution in [-0.2, 0) is 6.54 Å². The van der Waals surface area contributed by atoms with E-state index < -0.39 is 0 Å². The molecule has 0 unspecified atom stereocenters. The van der Waals surface area contributed by atoms with E-state index >= 15 is 0 Å². The molecule has 72 valence electrons. The molecule has 0 fully saturated rings. The van der Waals surface area contributed by atoms with Crippen LogP contribution in [0.2, 0.25) is 0 Å². The lowest BCUT2D eigenvalue weighted by molar-refractivity contribution is 0.412. The minimum absolute atomic E-state index is 0.592. The predicted molar refractivity (Wildman–Crippen MR) is 50.6 cm³/mol. The monoisotopic (exact) mass is 190 g/mol. The van der Waals surface area contributed by atoms with E-state index in [1.165, 1.54) is 0 Å². The minimum Gasteiger partial charge on any atom is -0.364 e. The van der Waals surface area contributed by atoms with Crippen LogP contribution < -0.4 is 5.32 Å². The highest BCUT2D eigenvalue weighted by Crippen LogP contribution is 2.05. The van der Waals surface area contributed by atoms with Crippen LogP contribution in [0, 0.1) is 6.92 Å². The van der Waals surface area contributed by atoms with E-state index in [2.05, 4.69) is 20.7 Å². The third-order valence-electron chi connectivity index (χ3n) is 1.73. The number of rotatable bonds is 3. The number of hydrogen-bond donors (Lipinski definition) is 1. The molecule has 0 aliphatic heterocycles. The van der Waals surface area contributed by atoms with Crippen molar-refractivity contribution in [3.05, 3.63) is 35.9 Å². The normalized spacial score (nSPS) is 10.1. The van der Waals surface area contributed by atoms with E-state index in [0.29, 0.717) is 6.54 Å². The van der Waals surface area contributed by atoms with Gasteiger partial charge in [0.15, 0.2) is 0 Å². The second-order valence-corrected chi connectivity index (χ2v) is 2.96. The van der Waals surface area contributed by atoms with Crippen molar-refractivity contribution in [3.63, 3.8) is 0 Å². The molecule has 2 aromatic rings. The zero-order valence-corrected chi connectivity index (χ0v) is 7.77. The second kappa shape index (κ2) is 3.87. The fraction of sp³-hybridized carbons (Fsp3) is 0.222. The molecule has 0 bridgehead atoms. The zero-order chi connectivity index (χ0) is 9.80. The molecule has 0 atom stereocenters. The van der Waals surface area contributed by atoms with Gasteiger partial charge < -0.3 is 9.84 Å². The molecular formula is C9H10N4O. The Morgan fingerprint density at radius 3 is 3.14 bits per heavy atom. The summed E-state index contributed by atoms with van der Waals surface area (Å²) < 4.78 is 4.70. The standard InChI is InChI=1S/C9H10N4O/c1-7-4-9(12-11-5-7)10-6-8-2-3-14-13-8/h2-5H,6H2,1H3,(H,10,12). The Morgan fingerprint density at radius 2 is 2.43 bits per heavy atom. The Labute approximate surface area is 81.1 Å². The molecule has 2 heterocycles. The van der Waals surface area contributed by atoms with Gasteiger partial charge in [-0.2, -0.15) is 5.10 Å². The first-order chi connectivity index (χ1) is 6.84. The number of aromatic nitrogens is 3. The molecule has 0 aliphatic carbocycles. The van der Waals surface area contributed by atoms with E-state index in [4.69, 9.17) is 4.52 Å². The fourth-order valence-electron chi connectivity index (χ4n) is 1.06. The maximum Gasteiger partial charge on any atom is 0.149 e. The maximum atomic E-state index is 4.70. The van der Waals surface area contributed by atoms with E-state index in [1.54, 1.807) is 18.5 Å². The Morgan fingerprint density at radius 1 is 1.50 bits per heavy atom. The van der Waals surface area contributed by atoms with Crippen LogP contribution in [0.1, 0.15) is 11.3 Å². The van der Waals surface area contributed by atoms with Crippen molar-refractivity contribution in [3.8, 4) is 0 Å². The van der Waals surface area contributed by atoms with Crippen LogP contribution in [0.5, 0.6) is 0 Å².